The molecule has 0 saturated heterocycles. The summed E-state index contributed by atoms with van der Waals surface area (Å²) in [4.78, 5) is 22.8. The Bertz CT molecular complexity index is 518. The van der Waals surface area contributed by atoms with E-state index in [1.165, 1.54) is 12.1 Å². The summed E-state index contributed by atoms with van der Waals surface area (Å²) < 4.78 is 42.1. The number of alkyl halides is 3. The molecule has 0 bridgehead atoms. The third-order valence-electron chi connectivity index (χ3n) is 2.54. The van der Waals surface area contributed by atoms with E-state index in [2.05, 4.69) is 10.1 Å². The van der Waals surface area contributed by atoms with Crippen LogP contribution in [0.3, 0.4) is 0 Å². The van der Waals surface area contributed by atoms with Gasteiger partial charge in [-0.05, 0) is 24.6 Å². The Hall–Kier alpha value is -2.09. The van der Waals surface area contributed by atoms with Crippen LogP contribution in [0.25, 0.3) is 0 Å². The van der Waals surface area contributed by atoms with Gasteiger partial charge >= 0.3 is 12.1 Å². The van der Waals surface area contributed by atoms with E-state index < -0.39 is 29.7 Å². The lowest BCUT2D eigenvalue weighted by Crippen LogP contribution is -2.46. The highest BCUT2D eigenvalue weighted by Crippen LogP contribution is 2.29. The van der Waals surface area contributed by atoms with Crippen LogP contribution >= 0.6 is 0 Å². The molecule has 1 unspecified atom stereocenters. The van der Waals surface area contributed by atoms with Crippen molar-refractivity contribution in [3.05, 3.63) is 35.4 Å². The second-order valence-electron chi connectivity index (χ2n) is 4.15. The third kappa shape index (κ3) is 5.07. The zero-order valence-corrected chi connectivity index (χ0v) is 11.2. The summed E-state index contributed by atoms with van der Waals surface area (Å²) >= 11 is 0. The molecule has 8 heteroatoms. The van der Waals surface area contributed by atoms with Crippen molar-refractivity contribution in [3.63, 3.8) is 0 Å². The van der Waals surface area contributed by atoms with Crippen molar-refractivity contribution in [2.45, 2.75) is 25.7 Å². The predicted octanol–water partition coefficient (Wildman–Crippen LogP) is 1.21. The summed E-state index contributed by atoms with van der Waals surface area (Å²) in [5.41, 5.74) is 4.77. The maximum Gasteiger partial charge on any atom is 0.416 e. The molecule has 0 spiro atoms. The monoisotopic (exact) mass is 304 g/mol. The molecular weight excluding hydrogens is 289 g/mol. The van der Waals surface area contributed by atoms with E-state index in [4.69, 9.17) is 5.73 Å². The van der Waals surface area contributed by atoms with Gasteiger partial charge in [-0.1, -0.05) is 12.1 Å². The number of ether oxygens (including phenoxy) is 1. The summed E-state index contributed by atoms with van der Waals surface area (Å²) in [7, 11) is 0. The van der Waals surface area contributed by atoms with Gasteiger partial charge in [0.15, 0.2) is 6.04 Å². The van der Waals surface area contributed by atoms with Gasteiger partial charge < -0.3 is 15.8 Å². The van der Waals surface area contributed by atoms with Crippen LogP contribution in [0, 0.1) is 0 Å². The molecule has 0 aliphatic carbocycles. The quantitative estimate of drug-likeness (QED) is 0.633. The van der Waals surface area contributed by atoms with Gasteiger partial charge in [-0.15, -0.1) is 0 Å². The average molecular weight is 304 g/mol. The Labute approximate surface area is 119 Å². The number of nitrogens with two attached hydrogens (primary N) is 1. The van der Waals surface area contributed by atoms with Crippen LogP contribution in [-0.2, 0) is 27.0 Å². The summed E-state index contributed by atoms with van der Waals surface area (Å²) in [5, 5.41) is 2.28. The summed E-state index contributed by atoms with van der Waals surface area (Å²) in [5.74, 6) is -1.70. The SMILES string of the molecule is CCOC(=O)C(N)C(=O)NCc1cccc(C(F)(F)F)c1. The molecule has 116 valence electrons. The fourth-order valence-electron chi connectivity index (χ4n) is 1.50. The minimum Gasteiger partial charge on any atom is -0.464 e. The molecule has 0 aliphatic rings. The Morgan fingerprint density at radius 3 is 2.62 bits per heavy atom. The van der Waals surface area contributed by atoms with E-state index in [1.807, 2.05) is 0 Å². The van der Waals surface area contributed by atoms with Gasteiger partial charge in [-0.3, -0.25) is 4.79 Å². The highest BCUT2D eigenvalue weighted by molar-refractivity contribution is 6.01. The number of halogens is 3. The number of carbonyl (C=O) groups excluding carboxylic acids is 2. The fraction of sp³-hybridized carbons (Fsp3) is 0.385. The van der Waals surface area contributed by atoms with Gasteiger partial charge in [0.05, 0.1) is 12.2 Å². The van der Waals surface area contributed by atoms with E-state index in [0.29, 0.717) is 0 Å². The Morgan fingerprint density at radius 1 is 1.38 bits per heavy atom. The first kappa shape index (κ1) is 17.0. The first-order chi connectivity index (χ1) is 9.75. The molecule has 21 heavy (non-hydrogen) atoms. The molecule has 5 nitrogen and oxygen atoms in total. The Balaban J connectivity index is 2.63. The van der Waals surface area contributed by atoms with E-state index in [9.17, 15) is 22.8 Å². The number of esters is 1. The van der Waals surface area contributed by atoms with Gasteiger partial charge in [0.25, 0.3) is 0 Å². The van der Waals surface area contributed by atoms with E-state index in [-0.39, 0.29) is 18.7 Å². The predicted molar refractivity (Wildman–Crippen MR) is 67.9 cm³/mol. The van der Waals surface area contributed by atoms with Crippen LogP contribution in [-0.4, -0.2) is 24.5 Å². The maximum absolute atomic E-state index is 12.5. The Kier molecular flexibility index (Phi) is 5.71. The molecule has 0 aliphatic heterocycles. The van der Waals surface area contributed by atoms with E-state index in [0.717, 1.165) is 12.1 Å². The molecule has 0 aromatic heterocycles. The topological polar surface area (TPSA) is 81.4 Å². The number of rotatable bonds is 5. The van der Waals surface area contributed by atoms with Crippen molar-refractivity contribution in [2.75, 3.05) is 6.61 Å². The maximum atomic E-state index is 12.5. The molecule has 1 aromatic carbocycles. The van der Waals surface area contributed by atoms with Gasteiger partial charge in [0.1, 0.15) is 0 Å². The van der Waals surface area contributed by atoms with Crippen LogP contribution in [0.4, 0.5) is 13.2 Å². The molecule has 1 atom stereocenters. The number of carbonyl (C=O) groups is 2. The summed E-state index contributed by atoms with van der Waals surface area (Å²) in [6.07, 6.45) is -4.46. The number of benzene rings is 1. The summed E-state index contributed by atoms with van der Waals surface area (Å²) in [6, 6.07) is 2.99. The Morgan fingerprint density at radius 2 is 2.05 bits per heavy atom. The smallest absolute Gasteiger partial charge is 0.416 e. The second-order valence-corrected chi connectivity index (χ2v) is 4.15. The minimum absolute atomic E-state index is 0.0768. The van der Waals surface area contributed by atoms with Gasteiger partial charge in [-0.25, -0.2) is 4.79 Å². The molecule has 3 N–H and O–H groups in total. The van der Waals surface area contributed by atoms with Crippen molar-refractivity contribution < 1.29 is 27.5 Å². The lowest BCUT2D eigenvalue weighted by Gasteiger charge is -2.12. The van der Waals surface area contributed by atoms with Crippen LogP contribution in [0.15, 0.2) is 24.3 Å². The van der Waals surface area contributed by atoms with Crippen molar-refractivity contribution >= 4 is 11.9 Å². The van der Waals surface area contributed by atoms with Crippen molar-refractivity contribution in [1.82, 2.24) is 5.32 Å². The number of amides is 1. The summed E-state index contributed by atoms with van der Waals surface area (Å²) in [6.45, 7) is 1.47. The molecule has 1 aromatic rings. The standard InChI is InChI=1S/C13H15F3N2O3/c1-2-21-12(20)10(17)11(19)18-7-8-4-3-5-9(6-8)13(14,15)16/h3-6,10H,2,7,17H2,1H3,(H,18,19). The number of nitrogens with one attached hydrogen (secondary N) is 1. The first-order valence-electron chi connectivity index (χ1n) is 6.11. The molecular formula is C13H15F3N2O3. The number of hydrogen-bond donors (Lipinski definition) is 2. The zero-order valence-electron chi connectivity index (χ0n) is 11.2. The number of hydrogen-bond acceptors (Lipinski definition) is 4. The highest BCUT2D eigenvalue weighted by Gasteiger charge is 2.30. The molecule has 1 amide bonds. The van der Waals surface area contributed by atoms with Gasteiger partial charge in [0.2, 0.25) is 5.91 Å². The average Bonchev–Trinajstić information content (AvgIpc) is 2.43. The van der Waals surface area contributed by atoms with Crippen molar-refractivity contribution in [3.8, 4) is 0 Å². The first-order valence-corrected chi connectivity index (χ1v) is 6.11. The third-order valence-corrected chi connectivity index (χ3v) is 2.54. The van der Waals surface area contributed by atoms with Crippen molar-refractivity contribution in [1.29, 1.82) is 0 Å². The van der Waals surface area contributed by atoms with E-state index >= 15 is 0 Å². The lowest BCUT2D eigenvalue weighted by atomic mass is 10.1. The van der Waals surface area contributed by atoms with Gasteiger partial charge in [0, 0.05) is 6.54 Å². The second kappa shape index (κ2) is 7.07. The fourth-order valence-corrected chi connectivity index (χ4v) is 1.50. The molecule has 0 radical (unpaired) electrons. The largest absolute Gasteiger partial charge is 0.464 e. The molecule has 0 saturated carbocycles. The van der Waals surface area contributed by atoms with E-state index in [1.54, 1.807) is 6.92 Å². The van der Waals surface area contributed by atoms with Gasteiger partial charge in [-0.2, -0.15) is 13.2 Å². The van der Waals surface area contributed by atoms with Crippen LogP contribution in [0.5, 0.6) is 0 Å². The zero-order chi connectivity index (χ0) is 16.0. The highest BCUT2D eigenvalue weighted by atomic mass is 19.4. The lowest BCUT2D eigenvalue weighted by molar-refractivity contribution is -0.148. The minimum atomic E-state index is -4.46. The molecule has 0 fully saturated rings. The van der Waals surface area contributed by atoms with Crippen LogP contribution in [0.1, 0.15) is 18.1 Å². The normalized spacial score (nSPS) is 12.6. The molecule has 1 rings (SSSR count). The van der Waals surface area contributed by atoms with Crippen molar-refractivity contribution in [2.24, 2.45) is 5.73 Å². The van der Waals surface area contributed by atoms with Crippen LogP contribution in [0.2, 0.25) is 0 Å². The van der Waals surface area contributed by atoms with Crippen LogP contribution < -0.4 is 11.1 Å². The molecule has 0 heterocycles.